The number of hydrogen-bond acceptors (Lipinski definition) is 1. The van der Waals surface area contributed by atoms with Crippen molar-refractivity contribution in [3.05, 3.63) is 0 Å². The Morgan fingerprint density at radius 2 is 1.71 bits per heavy atom. The average molecular weight is 373 g/mol. The fourth-order valence-electron chi connectivity index (χ4n) is 0. The van der Waals surface area contributed by atoms with Crippen molar-refractivity contribution in [2.75, 3.05) is 0 Å². The van der Waals surface area contributed by atoms with E-state index in [1.165, 1.54) is 0 Å². The summed E-state index contributed by atoms with van der Waals surface area (Å²) in [5.41, 5.74) is 0. The number of hydrogen-bond donors (Lipinski definition) is 1. The predicted molar refractivity (Wildman–Crippen MR) is 41.3 cm³/mol. The molecule has 0 unspecified atom stereocenters. The van der Waals surface area contributed by atoms with Gasteiger partial charge >= 0.3 is 49.0 Å². The van der Waals surface area contributed by atoms with Crippen molar-refractivity contribution in [3.8, 4) is 0 Å². The zero-order valence-electron chi connectivity index (χ0n) is 3.43. The molecule has 0 bridgehead atoms. The number of carbonyl (C=O) groups is 1. The molecule has 0 radical (unpaired) electrons. The molecule has 0 spiro atoms. The third-order valence-corrected chi connectivity index (χ3v) is 0. The van der Waals surface area contributed by atoms with Crippen LogP contribution in [0.1, 0.15) is 6.92 Å². The third kappa shape index (κ3) is 108. The fourth-order valence-corrected chi connectivity index (χ4v) is 0. The van der Waals surface area contributed by atoms with E-state index in [0.29, 0.717) is 0 Å². The summed E-state index contributed by atoms with van der Waals surface area (Å²) in [6.07, 6.45) is 0. The van der Waals surface area contributed by atoms with Crippen LogP contribution in [0, 0.1) is 0 Å². The molecule has 0 amide bonds. The van der Waals surface area contributed by atoms with E-state index in [2.05, 4.69) is 41.0 Å². The summed E-state index contributed by atoms with van der Waals surface area (Å²) in [5, 5.41) is 7.42. The van der Waals surface area contributed by atoms with E-state index in [0.717, 1.165) is 6.92 Å². The maximum absolute atomic E-state index is 9.00. The van der Waals surface area contributed by atoms with Gasteiger partial charge in [-0.3, -0.25) is 4.79 Å². The van der Waals surface area contributed by atoms with Crippen LogP contribution in [-0.4, -0.2) is 11.1 Å². The van der Waals surface area contributed by atoms with Gasteiger partial charge in [0.2, 0.25) is 0 Å². The second kappa shape index (κ2) is 10.4. The molecule has 2 nitrogen and oxygen atoms in total. The van der Waals surface area contributed by atoms with Crippen LogP contribution in [0.15, 0.2) is 0 Å². The number of rotatable bonds is 0. The summed E-state index contributed by atoms with van der Waals surface area (Å²) in [4.78, 5) is 9.00. The zero-order chi connectivity index (χ0) is 6.28. The van der Waals surface area contributed by atoms with Crippen molar-refractivity contribution < 1.29 is 18.0 Å². The van der Waals surface area contributed by atoms with Gasteiger partial charge in [0.1, 0.15) is 0 Å². The van der Waals surface area contributed by atoms with E-state index < -0.39 is 5.97 Å². The van der Waals surface area contributed by atoms with Crippen molar-refractivity contribution >= 4 is 46.9 Å². The number of carboxylic acid groups (broad SMARTS) is 1. The Labute approximate surface area is 71.0 Å². The van der Waals surface area contributed by atoms with E-state index in [-0.39, 0.29) is 0 Å². The summed E-state index contributed by atoms with van der Waals surface area (Å²) >= 11 is 4.43. The summed E-state index contributed by atoms with van der Waals surface area (Å²) in [7, 11) is 1.56. The van der Waals surface area contributed by atoms with Crippen molar-refractivity contribution in [2.45, 2.75) is 6.92 Å². The number of halogens is 2. The standard InChI is InChI=1S/C2H4O2.2HI.Ni/c1-2(3)4;;;/h1H3,(H,3,4);2*1H;/q;;;+2/p-2. The molecule has 0 aliphatic rings. The molecule has 0 aliphatic heterocycles. The molecule has 1 N–H and O–H groups in total. The zero-order valence-corrected chi connectivity index (χ0v) is 8.73. The molecule has 0 saturated carbocycles. The average Bonchev–Trinajstić information content (AvgIpc) is 1.33. The summed E-state index contributed by atoms with van der Waals surface area (Å²) < 4.78 is 0. The first-order valence-electron chi connectivity index (χ1n) is 1.17. The normalized spacial score (nSPS) is 6.71. The molecule has 48 valence electrons. The Bertz CT molecular complexity index is 45.0. The Morgan fingerprint density at radius 1 is 1.71 bits per heavy atom. The van der Waals surface area contributed by atoms with Crippen LogP contribution in [0.4, 0.5) is 0 Å². The molecule has 0 saturated heterocycles. The monoisotopic (exact) mass is 372 g/mol. The van der Waals surface area contributed by atoms with Crippen LogP contribution in [0.3, 0.4) is 0 Å². The Hall–Kier alpha value is 1.42. The summed E-state index contributed by atoms with van der Waals surface area (Å²) in [6.45, 7) is 1.08. The van der Waals surface area contributed by atoms with Crippen LogP contribution < -0.4 is 0 Å². The molecule has 0 aromatic carbocycles. The molecule has 0 aliphatic carbocycles. The predicted octanol–water partition coefficient (Wildman–Crippen LogP) is 1.86. The van der Waals surface area contributed by atoms with Gasteiger partial charge in [0, 0.05) is 6.92 Å². The minimum atomic E-state index is -0.833. The fraction of sp³-hybridized carbons (Fsp3) is 0.500. The van der Waals surface area contributed by atoms with Gasteiger partial charge in [0.05, 0.1) is 0 Å². The molecule has 0 heterocycles. The Balaban J connectivity index is 0. The third-order valence-electron chi connectivity index (χ3n) is 0. The minimum absolute atomic E-state index is 0.833. The molecular formula is C2H4I2NiO2. The van der Waals surface area contributed by atoms with Gasteiger partial charge in [-0.1, -0.05) is 0 Å². The molecule has 5 heteroatoms. The van der Waals surface area contributed by atoms with E-state index in [1.54, 1.807) is 8.07 Å². The first-order valence-corrected chi connectivity index (χ1v) is 7.54. The number of carboxylic acids is 1. The summed E-state index contributed by atoms with van der Waals surface area (Å²) in [5.74, 6) is -0.833. The Kier molecular flexibility index (Phi) is 16.7. The van der Waals surface area contributed by atoms with Gasteiger partial charge in [0.25, 0.3) is 5.97 Å². The molecule has 0 aromatic heterocycles. The molecule has 0 aromatic rings. The van der Waals surface area contributed by atoms with Crippen LogP contribution in [0.2, 0.25) is 0 Å². The first-order chi connectivity index (χ1) is 3.15. The van der Waals surface area contributed by atoms with Crippen LogP contribution >= 0.6 is 41.0 Å². The molecule has 0 fully saturated rings. The number of aliphatic carboxylic acids is 1. The van der Waals surface area contributed by atoms with E-state index in [4.69, 9.17) is 9.90 Å². The van der Waals surface area contributed by atoms with E-state index in [9.17, 15) is 0 Å². The molecule has 7 heavy (non-hydrogen) atoms. The van der Waals surface area contributed by atoms with Gasteiger partial charge in [0.15, 0.2) is 0 Å². The van der Waals surface area contributed by atoms with Crippen molar-refractivity contribution in [2.24, 2.45) is 0 Å². The van der Waals surface area contributed by atoms with Gasteiger partial charge < -0.3 is 5.11 Å². The van der Waals surface area contributed by atoms with Gasteiger partial charge in [-0.15, -0.1) is 0 Å². The van der Waals surface area contributed by atoms with Gasteiger partial charge in [-0.25, -0.2) is 0 Å². The molecular weight excluding hydrogens is 369 g/mol. The van der Waals surface area contributed by atoms with Crippen molar-refractivity contribution in [3.63, 3.8) is 0 Å². The second-order valence-corrected chi connectivity index (χ2v) is 8.90. The Morgan fingerprint density at radius 3 is 1.71 bits per heavy atom. The van der Waals surface area contributed by atoms with Crippen molar-refractivity contribution in [1.82, 2.24) is 0 Å². The van der Waals surface area contributed by atoms with Crippen molar-refractivity contribution in [1.29, 1.82) is 0 Å². The van der Waals surface area contributed by atoms with Gasteiger partial charge in [-0.2, -0.15) is 0 Å². The molecule has 0 atom stereocenters. The quantitative estimate of drug-likeness (QED) is 0.521. The van der Waals surface area contributed by atoms with Crippen LogP contribution in [0.5, 0.6) is 0 Å². The SMILES string of the molecule is CC(=O)O.[I][Ni][I]. The van der Waals surface area contributed by atoms with Crippen LogP contribution in [-0.2, 0) is 12.9 Å². The maximum atomic E-state index is 9.00. The summed E-state index contributed by atoms with van der Waals surface area (Å²) in [6, 6.07) is 0. The van der Waals surface area contributed by atoms with E-state index in [1.807, 2.05) is 0 Å². The first kappa shape index (κ1) is 11.3. The topological polar surface area (TPSA) is 37.3 Å². The second-order valence-electron chi connectivity index (χ2n) is 0.564. The van der Waals surface area contributed by atoms with E-state index >= 15 is 0 Å². The van der Waals surface area contributed by atoms with Gasteiger partial charge in [-0.05, 0) is 0 Å². The molecule has 0 rings (SSSR count). The van der Waals surface area contributed by atoms with Crippen LogP contribution in [0.25, 0.3) is 0 Å².